The Bertz CT molecular complexity index is 590. The maximum atomic E-state index is 9.54. The molecule has 2 N–H and O–H groups in total. The van der Waals surface area contributed by atoms with E-state index in [-0.39, 0.29) is 11.4 Å². The molecule has 1 aromatic carbocycles. The molecule has 1 aliphatic rings. The van der Waals surface area contributed by atoms with Crippen molar-refractivity contribution in [2.45, 2.75) is 25.4 Å². The van der Waals surface area contributed by atoms with E-state index in [4.69, 9.17) is 11.6 Å². The minimum Gasteiger partial charge on any atom is -0.393 e. The predicted molar refractivity (Wildman–Crippen MR) is 76.4 cm³/mol. The molecule has 0 amide bonds. The predicted octanol–water partition coefficient (Wildman–Crippen LogP) is 2.86. The Labute approximate surface area is 116 Å². The van der Waals surface area contributed by atoms with Crippen molar-refractivity contribution in [1.29, 1.82) is 0 Å². The van der Waals surface area contributed by atoms with E-state index >= 15 is 0 Å². The summed E-state index contributed by atoms with van der Waals surface area (Å²) in [6.07, 6.45) is 2.68. The summed E-state index contributed by atoms with van der Waals surface area (Å²) < 4.78 is 0. The summed E-state index contributed by atoms with van der Waals surface area (Å²) in [7, 11) is 0. The van der Waals surface area contributed by atoms with Gasteiger partial charge in [0.15, 0.2) is 0 Å². The summed E-state index contributed by atoms with van der Waals surface area (Å²) in [5.41, 5.74) is 0.844. The topological polar surface area (TPSA) is 58.0 Å². The van der Waals surface area contributed by atoms with E-state index in [2.05, 4.69) is 15.3 Å². The average Bonchev–Trinajstić information content (AvgIpc) is 2.81. The van der Waals surface area contributed by atoms with Crippen molar-refractivity contribution in [2.24, 2.45) is 5.92 Å². The third kappa shape index (κ3) is 2.80. The van der Waals surface area contributed by atoms with Crippen LogP contribution in [0.5, 0.6) is 0 Å². The Kier molecular flexibility index (Phi) is 3.53. The number of aliphatic hydroxyl groups excluding tert-OH is 1. The van der Waals surface area contributed by atoms with E-state index in [9.17, 15) is 5.11 Å². The van der Waals surface area contributed by atoms with Crippen LogP contribution < -0.4 is 5.32 Å². The van der Waals surface area contributed by atoms with E-state index < -0.39 is 0 Å². The quantitative estimate of drug-likeness (QED) is 0.847. The van der Waals surface area contributed by atoms with Gasteiger partial charge in [0, 0.05) is 11.9 Å². The molecule has 1 aliphatic carbocycles. The lowest BCUT2D eigenvalue weighted by molar-refractivity contribution is 0.178. The molecule has 2 aromatic rings. The molecule has 1 aromatic heterocycles. The molecule has 1 fully saturated rings. The molecule has 0 saturated heterocycles. The highest BCUT2D eigenvalue weighted by atomic mass is 35.5. The third-order valence-corrected chi connectivity index (χ3v) is 3.82. The van der Waals surface area contributed by atoms with Crippen molar-refractivity contribution in [3.05, 3.63) is 29.5 Å². The number of rotatable bonds is 3. The smallest absolute Gasteiger partial charge is 0.224 e. The first-order valence-corrected chi connectivity index (χ1v) is 6.94. The summed E-state index contributed by atoms with van der Waals surface area (Å²) in [5.74, 6) is 1.28. The fourth-order valence-electron chi connectivity index (χ4n) is 2.66. The molecule has 1 saturated carbocycles. The Balaban J connectivity index is 1.80. The zero-order valence-electron chi connectivity index (χ0n) is 10.5. The number of nitrogens with zero attached hydrogens (tertiary/aromatic N) is 2. The molecule has 0 radical (unpaired) electrons. The molecule has 5 heteroatoms. The molecule has 19 heavy (non-hydrogen) atoms. The van der Waals surface area contributed by atoms with Gasteiger partial charge in [0.1, 0.15) is 5.82 Å². The number of aromatic nitrogens is 2. The Morgan fingerprint density at radius 2 is 2.11 bits per heavy atom. The normalized spacial score (nSPS) is 22.8. The third-order valence-electron chi connectivity index (χ3n) is 3.65. The van der Waals surface area contributed by atoms with Crippen molar-refractivity contribution in [3.8, 4) is 0 Å². The van der Waals surface area contributed by atoms with Crippen LogP contribution in [-0.2, 0) is 0 Å². The van der Waals surface area contributed by atoms with Crippen molar-refractivity contribution < 1.29 is 5.11 Å². The zero-order valence-corrected chi connectivity index (χ0v) is 11.3. The van der Waals surface area contributed by atoms with Gasteiger partial charge in [0.05, 0.1) is 11.6 Å². The van der Waals surface area contributed by atoms with Crippen molar-refractivity contribution in [3.63, 3.8) is 0 Å². The van der Waals surface area contributed by atoms with Gasteiger partial charge in [0.2, 0.25) is 5.28 Å². The number of para-hydroxylation sites is 1. The second-order valence-electron chi connectivity index (χ2n) is 5.07. The largest absolute Gasteiger partial charge is 0.393 e. The van der Waals surface area contributed by atoms with Crippen LogP contribution in [0.4, 0.5) is 5.82 Å². The molecular formula is C14H16ClN3O. The van der Waals surface area contributed by atoms with Gasteiger partial charge >= 0.3 is 0 Å². The highest BCUT2D eigenvalue weighted by molar-refractivity contribution is 6.28. The fourth-order valence-corrected chi connectivity index (χ4v) is 2.83. The number of halogens is 1. The summed E-state index contributed by atoms with van der Waals surface area (Å²) in [6, 6.07) is 7.80. The van der Waals surface area contributed by atoms with Crippen LogP contribution in [-0.4, -0.2) is 27.7 Å². The van der Waals surface area contributed by atoms with Crippen LogP contribution in [0.3, 0.4) is 0 Å². The number of fused-ring (bicyclic) bond motifs is 1. The van der Waals surface area contributed by atoms with Gasteiger partial charge in [-0.15, -0.1) is 0 Å². The first-order chi connectivity index (χ1) is 9.22. The van der Waals surface area contributed by atoms with Gasteiger partial charge in [-0.3, -0.25) is 0 Å². The van der Waals surface area contributed by atoms with E-state index in [0.717, 1.165) is 42.5 Å². The lowest BCUT2D eigenvalue weighted by Gasteiger charge is -2.13. The maximum Gasteiger partial charge on any atom is 0.224 e. The number of anilines is 1. The minimum atomic E-state index is -0.141. The SMILES string of the molecule is OC1CCC(CNc2nc(Cl)nc3ccccc23)C1. The lowest BCUT2D eigenvalue weighted by atomic mass is 10.1. The van der Waals surface area contributed by atoms with E-state index in [1.807, 2.05) is 24.3 Å². The average molecular weight is 278 g/mol. The van der Waals surface area contributed by atoms with E-state index in [1.165, 1.54) is 0 Å². The molecule has 1 heterocycles. The summed E-state index contributed by atoms with van der Waals surface area (Å²) >= 11 is 5.94. The minimum absolute atomic E-state index is 0.141. The van der Waals surface area contributed by atoms with Gasteiger partial charge in [-0.2, -0.15) is 0 Å². The van der Waals surface area contributed by atoms with Gasteiger partial charge in [-0.25, -0.2) is 9.97 Å². The second kappa shape index (κ2) is 5.31. The van der Waals surface area contributed by atoms with Crippen LogP contribution in [0.1, 0.15) is 19.3 Å². The van der Waals surface area contributed by atoms with Gasteiger partial charge < -0.3 is 10.4 Å². The van der Waals surface area contributed by atoms with Gasteiger partial charge in [0.25, 0.3) is 0 Å². The van der Waals surface area contributed by atoms with Crippen LogP contribution in [0.25, 0.3) is 10.9 Å². The van der Waals surface area contributed by atoms with Crippen molar-refractivity contribution >= 4 is 28.3 Å². The highest BCUT2D eigenvalue weighted by Crippen LogP contribution is 2.27. The monoisotopic (exact) mass is 277 g/mol. The van der Waals surface area contributed by atoms with Crippen LogP contribution in [0, 0.1) is 5.92 Å². The first kappa shape index (κ1) is 12.6. The number of aliphatic hydroxyl groups is 1. The number of benzene rings is 1. The molecule has 4 nitrogen and oxygen atoms in total. The zero-order chi connectivity index (χ0) is 13.2. The molecule has 0 bridgehead atoms. The van der Waals surface area contributed by atoms with E-state index in [1.54, 1.807) is 0 Å². The van der Waals surface area contributed by atoms with Crippen molar-refractivity contribution in [1.82, 2.24) is 9.97 Å². The van der Waals surface area contributed by atoms with Gasteiger partial charge in [-0.05, 0) is 48.9 Å². The van der Waals surface area contributed by atoms with Gasteiger partial charge in [-0.1, -0.05) is 12.1 Å². The second-order valence-corrected chi connectivity index (χ2v) is 5.41. The standard InChI is InChI=1S/C14H16ClN3O/c15-14-17-12-4-2-1-3-11(12)13(18-14)16-8-9-5-6-10(19)7-9/h1-4,9-10,19H,5-8H2,(H,16,17,18). The molecular weight excluding hydrogens is 262 g/mol. The van der Waals surface area contributed by atoms with Crippen LogP contribution in [0.15, 0.2) is 24.3 Å². The number of hydrogen-bond donors (Lipinski definition) is 2. The fraction of sp³-hybridized carbons (Fsp3) is 0.429. The molecule has 3 rings (SSSR count). The summed E-state index contributed by atoms with van der Waals surface area (Å²) in [6.45, 7) is 0.814. The molecule has 100 valence electrons. The molecule has 0 spiro atoms. The molecule has 2 atom stereocenters. The highest BCUT2D eigenvalue weighted by Gasteiger charge is 2.22. The Morgan fingerprint density at radius 3 is 2.89 bits per heavy atom. The van der Waals surface area contributed by atoms with Crippen LogP contribution in [0.2, 0.25) is 5.28 Å². The lowest BCUT2D eigenvalue weighted by Crippen LogP contribution is -2.13. The Morgan fingerprint density at radius 1 is 1.26 bits per heavy atom. The summed E-state index contributed by atoms with van der Waals surface area (Å²) in [5, 5.41) is 14.1. The van der Waals surface area contributed by atoms with Crippen molar-refractivity contribution in [2.75, 3.05) is 11.9 Å². The first-order valence-electron chi connectivity index (χ1n) is 6.56. The van der Waals surface area contributed by atoms with E-state index in [0.29, 0.717) is 5.92 Å². The van der Waals surface area contributed by atoms with Crippen LogP contribution >= 0.6 is 11.6 Å². The summed E-state index contributed by atoms with van der Waals surface area (Å²) in [4.78, 5) is 8.46. The number of nitrogens with one attached hydrogen (secondary N) is 1. The number of hydrogen-bond acceptors (Lipinski definition) is 4. The molecule has 0 aliphatic heterocycles. The molecule has 2 unspecified atom stereocenters. The Hall–Kier alpha value is -1.39. The maximum absolute atomic E-state index is 9.54.